The normalized spacial score (nSPS) is 24.4. The second-order valence-corrected chi connectivity index (χ2v) is 8.22. The quantitative estimate of drug-likeness (QED) is 0.413. The third kappa shape index (κ3) is 15.3. The van der Waals surface area contributed by atoms with E-state index in [1.807, 2.05) is 62.3 Å². The highest BCUT2D eigenvalue weighted by Crippen LogP contribution is 2.35. The molecule has 0 radical (unpaired) electrons. The summed E-state index contributed by atoms with van der Waals surface area (Å²) in [7, 11) is 0. The Hall–Kier alpha value is -0.220. The predicted molar refractivity (Wildman–Crippen MR) is 129 cm³/mol. The Kier molecular flexibility index (Phi) is 22.7. The number of halogens is 2. The summed E-state index contributed by atoms with van der Waals surface area (Å²) in [4.78, 5) is 3.90. The number of rotatable bonds is 2. The Morgan fingerprint density at radius 3 is 1.59 bits per heavy atom. The molecule has 2 fully saturated rings. The van der Waals surface area contributed by atoms with Crippen LogP contribution in [0.15, 0.2) is 0 Å². The van der Waals surface area contributed by atoms with E-state index in [4.69, 9.17) is 0 Å². The van der Waals surface area contributed by atoms with Crippen molar-refractivity contribution in [2.24, 2.45) is 11.8 Å². The first-order valence-electron chi connectivity index (χ1n) is 12.5. The van der Waals surface area contributed by atoms with Crippen LogP contribution >= 0.6 is 0 Å². The fraction of sp³-hybridized carbons (Fsp3) is 1.00. The number of hydrogen-bond acceptors (Lipinski definition) is 2. The Labute approximate surface area is 183 Å². The Morgan fingerprint density at radius 1 is 0.690 bits per heavy atom. The summed E-state index contributed by atoms with van der Waals surface area (Å²) in [6.07, 6.45) is 5.15. The van der Waals surface area contributed by atoms with Crippen molar-refractivity contribution < 1.29 is 8.78 Å². The number of likely N-dealkylation sites (tertiary alicyclic amines) is 2. The number of alkyl halides is 2. The molecule has 4 heteroatoms. The van der Waals surface area contributed by atoms with Crippen LogP contribution in [0.3, 0.4) is 0 Å². The average Bonchev–Trinajstić information content (AvgIpc) is 2.90. The van der Waals surface area contributed by atoms with Gasteiger partial charge in [-0.2, -0.15) is 8.78 Å². The molecular weight excluding hydrogens is 366 g/mol. The smallest absolute Gasteiger partial charge is 0.301 e. The molecule has 0 aromatic carbocycles. The third-order valence-electron chi connectivity index (χ3n) is 5.28. The van der Waals surface area contributed by atoms with E-state index >= 15 is 0 Å². The summed E-state index contributed by atoms with van der Waals surface area (Å²) in [6.45, 7) is 27.7. The zero-order valence-electron chi connectivity index (χ0n) is 22.1. The first kappa shape index (κ1) is 33.4. The molecule has 0 spiro atoms. The van der Waals surface area contributed by atoms with Gasteiger partial charge in [-0.1, -0.05) is 55.4 Å². The number of piperidine rings is 1. The second-order valence-electron chi connectivity index (χ2n) is 8.22. The fourth-order valence-corrected chi connectivity index (χ4v) is 3.60. The van der Waals surface area contributed by atoms with Gasteiger partial charge in [0.05, 0.1) is 0 Å². The van der Waals surface area contributed by atoms with Crippen LogP contribution in [-0.2, 0) is 0 Å². The van der Waals surface area contributed by atoms with Crippen molar-refractivity contribution in [2.45, 2.75) is 133 Å². The van der Waals surface area contributed by atoms with E-state index in [-0.39, 0.29) is 18.4 Å². The summed E-state index contributed by atoms with van der Waals surface area (Å²) < 4.78 is 26.6. The molecule has 2 atom stereocenters. The van der Waals surface area contributed by atoms with Gasteiger partial charge in [-0.3, -0.25) is 0 Å². The van der Waals surface area contributed by atoms with Crippen molar-refractivity contribution in [3.8, 4) is 0 Å². The number of nitrogens with zero attached hydrogens (tertiary/aromatic N) is 2. The molecule has 0 bridgehead atoms. The molecule has 2 unspecified atom stereocenters. The molecule has 29 heavy (non-hydrogen) atoms. The molecule has 0 aliphatic carbocycles. The van der Waals surface area contributed by atoms with Gasteiger partial charge in [0, 0.05) is 25.0 Å². The Bertz CT molecular complexity index is 333. The van der Waals surface area contributed by atoms with Crippen LogP contribution in [0, 0.1) is 11.8 Å². The fourth-order valence-electron chi connectivity index (χ4n) is 3.60. The molecule has 0 aromatic rings. The largest absolute Gasteiger partial charge is 0.305 e. The lowest BCUT2D eigenvalue weighted by Crippen LogP contribution is -2.50. The van der Waals surface area contributed by atoms with E-state index in [2.05, 4.69) is 25.7 Å². The topological polar surface area (TPSA) is 6.48 Å². The van der Waals surface area contributed by atoms with Gasteiger partial charge in [0.15, 0.2) is 0 Å². The minimum absolute atomic E-state index is 0.0190. The summed E-state index contributed by atoms with van der Waals surface area (Å²) >= 11 is 0. The van der Waals surface area contributed by atoms with Crippen molar-refractivity contribution in [1.29, 1.82) is 0 Å². The van der Waals surface area contributed by atoms with E-state index in [0.29, 0.717) is 6.54 Å². The van der Waals surface area contributed by atoms with Gasteiger partial charge in [-0.05, 0) is 78.3 Å². The summed E-state index contributed by atoms with van der Waals surface area (Å²) in [5, 5.41) is 0. The third-order valence-corrected chi connectivity index (χ3v) is 5.28. The zero-order valence-corrected chi connectivity index (χ0v) is 22.1. The molecular formula is C25H56F2N2. The first-order chi connectivity index (χ1) is 13.6. The van der Waals surface area contributed by atoms with Gasteiger partial charge in [-0.25, -0.2) is 4.90 Å². The van der Waals surface area contributed by atoms with E-state index in [1.54, 1.807) is 0 Å². The maximum atomic E-state index is 13.3. The van der Waals surface area contributed by atoms with Gasteiger partial charge in [-0.15, -0.1) is 0 Å². The lowest BCUT2D eigenvalue weighted by Gasteiger charge is -2.40. The maximum Gasteiger partial charge on any atom is 0.305 e. The minimum Gasteiger partial charge on any atom is -0.301 e. The summed E-state index contributed by atoms with van der Waals surface area (Å²) in [6, 6.07) is -1.88. The van der Waals surface area contributed by atoms with Crippen LogP contribution in [0.25, 0.3) is 0 Å². The van der Waals surface area contributed by atoms with Crippen LogP contribution in [0.2, 0.25) is 0 Å². The average molecular weight is 423 g/mol. The lowest BCUT2D eigenvalue weighted by atomic mass is 9.96. The summed E-state index contributed by atoms with van der Waals surface area (Å²) in [5.74, 6) is 1.12. The van der Waals surface area contributed by atoms with E-state index in [0.717, 1.165) is 18.4 Å². The van der Waals surface area contributed by atoms with Crippen molar-refractivity contribution in [2.75, 3.05) is 19.6 Å². The van der Waals surface area contributed by atoms with Crippen LogP contribution in [0.5, 0.6) is 0 Å². The van der Waals surface area contributed by atoms with Gasteiger partial charge < -0.3 is 4.90 Å². The van der Waals surface area contributed by atoms with Gasteiger partial charge in [0.25, 0.3) is 0 Å². The van der Waals surface area contributed by atoms with Crippen LogP contribution in [0.1, 0.15) is 115 Å². The zero-order chi connectivity index (χ0) is 23.6. The highest BCUT2D eigenvalue weighted by molar-refractivity contribution is 4.81. The van der Waals surface area contributed by atoms with Crippen molar-refractivity contribution in [1.82, 2.24) is 9.80 Å². The molecule has 0 saturated carbocycles. The van der Waals surface area contributed by atoms with Crippen molar-refractivity contribution in [3.05, 3.63) is 0 Å². The molecule has 180 valence electrons. The van der Waals surface area contributed by atoms with Crippen molar-refractivity contribution >= 4 is 0 Å². The standard InChI is InChI=1S/C10H21N.C9H17F2N.3C2H6/c1-9(2)11-7-4-5-10(3)6-8-11;1-7(2)12-5-4-8(3)6-9(12,10)11;3*1-2/h9-10H,4-8H2,1-3H3;7-8H,4-6H2,1-3H3;3*1-2H3. The second kappa shape index (κ2) is 19.7. The first-order valence-corrected chi connectivity index (χ1v) is 12.5. The van der Waals surface area contributed by atoms with Crippen molar-refractivity contribution in [3.63, 3.8) is 0 Å². The van der Waals surface area contributed by atoms with Crippen LogP contribution in [-0.4, -0.2) is 47.6 Å². The molecule has 2 aliphatic rings. The molecule has 0 N–H and O–H groups in total. The van der Waals surface area contributed by atoms with E-state index < -0.39 is 6.05 Å². The number of hydrogen-bond donors (Lipinski definition) is 0. The molecule has 0 aromatic heterocycles. The van der Waals surface area contributed by atoms with Crippen LogP contribution in [0.4, 0.5) is 8.78 Å². The van der Waals surface area contributed by atoms with Gasteiger partial charge in [0.2, 0.25) is 0 Å². The molecule has 2 rings (SSSR count). The van der Waals surface area contributed by atoms with Crippen LogP contribution < -0.4 is 0 Å². The van der Waals surface area contributed by atoms with Gasteiger partial charge in [0.1, 0.15) is 0 Å². The molecule has 2 heterocycles. The molecule has 2 aliphatic heterocycles. The SMILES string of the molecule is CC.CC.CC.CC1CCCN(C(C)C)CC1.CC1CCN(C(C)C)C(F)(F)C1. The Morgan fingerprint density at radius 2 is 1.17 bits per heavy atom. The Balaban J connectivity index is -0.000000371. The van der Waals surface area contributed by atoms with Gasteiger partial charge >= 0.3 is 6.05 Å². The monoisotopic (exact) mass is 422 g/mol. The minimum atomic E-state index is -2.58. The highest BCUT2D eigenvalue weighted by atomic mass is 19.3. The van der Waals surface area contributed by atoms with E-state index in [1.165, 1.54) is 37.3 Å². The maximum absolute atomic E-state index is 13.3. The molecule has 2 nitrogen and oxygen atoms in total. The molecule has 2 saturated heterocycles. The predicted octanol–water partition coefficient (Wildman–Crippen LogP) is 8.31. The highest BCUT2D eigenvalue weighted by Gasteiger charge is 2.42. The van der Waals surface area contributed by atoms with E-state index in [9.17, 15) is 8.78 Å². The lowest BCUT2D eigenvalue weighted by molar-refractivity contribution is -0.190. The molecule has 0 amide bonds. The summed E-state index contributed by atoms with van der Waals surface area (Å²) in [5.41, 5.74) is 0.